The van der Waals surface area contributed by atoms with E-state index in [1.54, 1.807) is 0 Å². The molecule has 0 bridgehead atoms. The minimum Gasteiger partial charge on any atom is -0.476 e. The number of hydrogen-bond donors (Lipinski definition) is 1. The maximum atomic E-state index is 5.68. The molecule has 1 fully saturated rings. The second-order valence-electron chi connectivity index (χ2n) is 4.86. The monoisotopic (exact) mass is 259 g/mol. The second kappa shape index (κ2) is 6.42. The highest BCUT2D eigenvalue weighted by atomic mass is 16.5. The lowest BCUT2D eigenvalue weighted by atomic mass is 10.3. The first-order valence-corrected chi connectivity index (χ1v) is 6.95. The van der Waals surface area contributed by atoms with Crippen LogP contribution in [0.4, 0.5) is 5.82 Å². The van der Waals surface area contributed by atoms with Gasteiger partial charge in [-0.25, -0.2) is 4.98 Å². The zero-order valence-corrected chi connectivity index (χ0v) is 11.7. The Morgan fingerprint density at radius 1 is 1.42 bits per heavy atom. The van der Waals surface area contributed by atoms with E-state index in [0.717, 1.165) is 30.2 Å². The summed E-state index contributed by atoms with van der Waals surface area (Å²) in [5.74, 6) is 5.56. The quantitative estimate of drug-likeness (QED) is 0.604. The Labute approximate surface area is 115 Å². The van der Waals surface area contributed by atoms with E-state index in [9.17, 15) is 0 Å². The van der Waals surface area contributed by atoms with Gasteiger partial charge >= 0.3 is 0 Å². The van der Waals surface area contributed by atoms with E-state index in [4.69, 9.17) is 11.2 Å². The summed E-state index contributed by atoms with van der Waals surface area (Å²) < 4.78 is 5.68. The molecule has 0 aliphatic heterocycles. The minimum absolute atomic E-state index is 0.506. The third-order valence-electron chi connectivity index (χ3n) is 3.09. The Morgan fingerprint density at radius 2 is 2.21 bits per heavy atom. The first-order valence-electron chi connectivity index (χ1n) is 6.95. The fourth-order valence-electron chi connectivity index (χ4n) is 1.80. The molecule has 4 heteroatoms. The van der Waals surface area contributed by atoms with Crippen molar-refractivity contribution in [3.05, 3.63) is 11.4 Å². The predicted octanol–water partition coefficient (Wildman–Crippen LogP) is 2.89. The molecule has 0 atom stereocenters. The summed E-state index contributed by atoms with van der Waals surface area (Å²) in [7, 11) is 0. The van der Waals surface area contributed by atoms with Gasteiger partial charge in [-0.3, -0.25) is 0 Å². The van der Waals surface area contributed by atoms with Crippen molar-refractivity contribution in [1.29, 1.82) is 0 Å². The molecule has 4 nitrogen and oxygen atoms in total. The lowest BCUT2D eigenvalue weighted by Crippen LogP contribution is -2.10. The number of aromatic nitrogens is 2. The molecule has 2 rings (SSSR count). The number of nitrogens with zero attached hydrogens (tertiary/aromatic N) is 2. The van der Waals surface area contributed by atoms with Crippen molar-refractivity contribution >= 4 is 5.82 Å². The van der Waals surface area contributed by atoms with Gasteiger partial charge in [-0.1, -0.05) is 6.92 Å². The molecule has 0 amide bonds. The summed E-state index contributed by atoms with van der Waals surface area (Å²) in [6.45, 7) is 5.53. The summed E-state index contributed by atoms with van der Waals surface area (Å²) >= 11 is 0. The highest BCUT2D eigenvalue weighted by Gasteiger charge is 2.28. The maximum Gasteiger partial charge on any atom is 0.221 e. The van der Waals surface area contributed by atoms with Crippen molar-refractivity contribution in [3.63, 3.8) is 0 Å². The molecule has 0 spiro atoms. The number of rotatable bonds is 7. The van der Waals surface area contributed by atoms with E-state index in [-0.39, 0.29) is 0 Å². The Morgan fingerprint density at radius 3 is 2.84 bits per heavy atom. The van der Waals surface area contributed by atoms with Crippen molar-refractivity contribution in [3.8, 4) is 18.2 Å². The highest BCUT2D eigenvalue weighted by molar-refractivity contribution is 5.49. The smallest absolute Gasteiger partial charge is 0.221 e. The fourth-order valence-corrected chi connectivity index (χ4v) is 1.80. The number of terminal acetylenes is 1. The molecule has 0 unspecified atom stereocenters. The number of nitrogens with one attached hydrogen (secondary N) is 1. The highest BCUT2D eigenvalue weighted by Crippen LogP contribution is 2.39. The SMILES string of the molecule is C#CCCOc1nc(C2CC2)nc(NCCC)c1C. The molecular formula is C15H21N3O. The summed E-state index contributed by atoms with van der Waals surface area (Å²) in [6, 6.07) is 0. The van der Waals surface area contributed by atoms with Gasteiger partial charge in [0.25, 0.3) is 0 Å². The van der Waals surface area contributed by atoms with Crippen molar-refractivity contribution in [2.75, 3.05) is 18.5 Å². The van der Waals surface area contributed by atoms with E-state index in [1.807, 2.05) is 6.92 Å². The average Bonchev–Trinajstić information content (AvgIpc) is 3.24. The number of hydrogen-bond acceptors (Lipinski definition) is 4. The van der Waals surface area contributed by atoms with E-state index >= 15 is 0 Å². The van der Waals surface area contributed by atoms with Crippen LogP contribution in [0.5, 0.6) is 5.88 Å². The van der Waals surface area contributed by atoms with Gasteiger partial charge in [-0.05, 0) is 26.2 Å². The standard InChI is InChI=1S/C15H21N3O/c1-4-6-10-19-15-11(3)13(16-9-5-2)17-14(18-15)12-7-8-12/h1,12H,5-10H2,2-3H3,(H,16,17,18). The molecule has 19 heavy (non-hydrogen) atoms. The summed E-state index contributed by atoms with van der Waals surface area (Å²) in [6.07, 6.45) is 9.26. The van der Waals surface area contributed by atoms with Crippen molar-refractivity contribution in [1.82, 2.24) is 9.97 Å². The normalized spacial score (nSPS) is 13.9. The van der Waals surface area contributed by atoms with Crippen molar-refractivity contribution in [2.24, 2.45) is 0 Å². The molecule has 1 aromatic rings. The zero-order valence-electron chi connectivity index (χ0n) is 11.7. The van der Waals surface area contributed by atoms with Gasteiger partial charge in [0.2, 0.25) is 5.88 Å². The van der Waals surface area contributed by atoms with Crippen LogP contribution in [0.15, 0.2) is 0 Å². The third kappa shape index (κ3) is 3.60. The predicted molar refractivity (Wildman–Crippen MR) is 76.5 cm³/mol. The molecule has 1 aliphatic carbocycles. The van der Waals surface area contributed by atoms with Gasteiger partial charge in [-0.15, -0.1) is 12.3 Å². The van der Waals surface area contributed by atoms with Gasteiger partial charge in [0.05, 0.1) is 5.56 Å². The van der Waals surface area contributed by atoms with Gasteiger partial charge in [0.15, 0.2) is 0 Å². The molecule has 0 saturated heterocycles. The first-order chi connectivity index (χ1) is 9.26. The second-order valence-corrected chi connectivity index (χ2v) is 4.86. The molecule has 102 valence electrons. The largest absolute Gasteiger partial charge is 0.476 e. The average molecular weight is 259 g/mol. The summed E-state index contributed by atoms with van der Waals surface area (Å²) in [5.41, 5.74) is 0.967. The Kier molecular flexibility index (Phi) is 4.62. The van der Waals surface area contributed by atoms with Gasteiger partial charge < -0.3 is 10.1 Å². The van der Waals surface area contributed by atoms with Crippen LogP contribution in [0.1, 0.15) is 49.9 Å². The summed E-state index contributed by atoms with van der Waals surface area (Å²) in [4.78, 5) is 9.15. The molecule has 1 aromatic heterocycles. The molecule has 0 radical (unpaired) electrons. The fraction of sp³-hybridized carbons (Fsp3) is 0.600. The van der Waals surface area contributed by atoms with Crippen LogP contribution >= 0.6 is 0 Å². The van der Waals surface area contributed by atoms with Crippen LogP contribution in [-0.2, 0) is 0 Å². The van der Waals surface area contributed by atoms with Crippen LogP contribution in [0.25, 0.3) is 0 Å². The van der Waals surface area contributed by atoms with E-state index in [0.29, 0.717) is 24.8 Å². The minimum atomic E-state index is 0.506. The lowest BCUT2D eigenvalue weighted by molar-refractivity contribution is 0.310. The van der Waals surface area contributed by atoms with Crippen LogP contribution in [0.3, 0.4) is 0 Å². The maximum absolute atomic E-state index is 5.68. The van der Waals surface area contributed by atoms with Crippen molar-refractivity contribution in [2.45, 2.75) is 45.4 Å². The van der Waals surface area contributed by atoms with Crippen LogP contribution in [0, 0.1) is 19.3 Å². The van der Waals surface area contributed by atoms with E-state index < -0.39 is 0 Å². The molecule has 0 aromatic carbocycles. The molecule has 1 saturated carbocycles. The lowest BCUT2D eigenvalue weighted by Gasteiger charge is -2.13. The Hall–Kier alpha value is -1.76. The summed E-state index contributed by atoms with van der Waals surface area (Å²) in [5, 5.41) is 3.35. The van der Waals surface area contributed by atoms with Crippen LogP contribution < -0.4 is 10.1 Å². The zero-order chi connectivity index (χ0) is 13.7. The third-order valence-corrected chi connectivity index (χ3v) is 3.09. The Bertz CT molecular complexity index is 475. The first kappa shape index (κ1) is 13.7. The van der Waals surface area contributed by atoms with Gasteiger partial charge in [-0.2, -0.15) is 4.98 Å². The van der Waals surface area contributed by atoms with Crippen molar-refractivity contribution < 1.29 is 4.74 Å². The number of anilines is 1. The topological polar surface area (TPSA) is 47.0 Å². The van der Waals surface area contributed by atoms with E-state index in [2.05, 4.69) is 28.1 Å². The molecule has 1 heterocycles. The van der Waals surface area contributed by atoms with Crippen LogP contribution in [0.2, 0.25) is 0 Å². The van der Waals surface area contributed by atoms with Gasteiger partial charge in [0, 0.05) is 18.9 Å². The Balaban J connectivity index is 2.18. The number of ether oxygens (including phenoxy) is 1. The van der Waals surface area contributed by atoms with Crippen LogP contribution in [-0.4, -0.2) is 23.1 Å². The van der Waals surface area contributed by atoms with E-state index in [1.165, 1.54) is 12.8 Å². The molecule has 1 aliphatic rings. The van der Waals surface area contributed by atoms with Gasteiger partial charge in [0.1, 0.15) is 18.2 Å². The molecule has 1 N–H and O–H groups in total. The molecular weight excluding hydrogens is 238 g/mol.